The number of carbonyl (C=O) groups is 3. The summed E-state index contributed by atoms with van der Waals surface area (Å²) in [5.74, 6) is -1.00. The maximum Gasteiger partial charge on any atom is 0.312 e. The number of carbonyl (C=O) groups excluding carboxylic acids is 3. The van der Waals surface area contributed by atoms with Crippen LogP contribution in [0.3, 0.4) is 0 Å². The lowest BCUT2D eigenvalue weighted by Crippen LogP contribution is -2.33. The molecule has 31 heavy (non-hydrogen) atoms. The fourth-order valence-electron chi connectivity index (χ4n) is 3.50. The number of nitrogens with one attached hydrogen (secondary N) is 1. The Morgan fingerprint density at radius 1 is 1.16 bits per heavy atom. The van der Waals surface area contributed by atoms with Crippen LogP contribution in [0.2, 0.25) is 0 Å². The van der Waals surface area contributed by atoms with Crippen molar-refractivity contribution in [1.82, 2.24) is 0 Å². The fraction of sp³-hybridized carbons (Fsp3) is 0.375. The number of aryl methyl sites for hydroxylation is 1. The number of esters is 1. The van der Waals surface area contributed by atoms with Gasteiger partial charge in [-0.1, -0.05) is 12.1 Å². The Morgan fingerprint density at radius 2 is 1.87 bits per heavy atom. The molecule has 0 spiro atoms. The van der Waals surface area contributed by atoms with Gasteiger partial charge in [0, 0.05) is 24.3 Å². The summed E-state index contributed by atoms with van der Waals surface area (Å²) >= 11 is 0. The molecule has 0 unspecified atom stereocenters. The molecule has 2 amide bonds. The van der Waals surface area contributed by atoms with Crippen molar-refractivity contribution in [2.45, 2.75) is 40.2 Å². The molecule has 1 aliphatic heterocycles. The van der Waals surface area contributed by atoms with Crippen molar-refractivity contribution >= 4 is 29.2 Å². The third-order valence-electron chi connectivity index (χ3n) is 5.42. The molecule has 0 saturated carbocycles. The Bertz CT molecular complexity index is 970. The predicted molar refractivity (Wildman–Crippen MR) is 118 cm³/mol. The van der Waals surface area contributed by atoms with Crippen molar-refractivity contribution in [1.29, 1.82) is 0 Å². The summed E-state index contributed by atoms with van der Waals surface area (Å²) in [6.45, 7) is 8.15. The van der Waals surface area contributed by atoms with Gasteiger partial charge in [0.05, 0.1) is 12.5 Å². The minimum atomic E-state index is -0.982. The maximum absolute atomic E-state index is 12.6. The molecule has 3 rings (SSSR count). The van der Waals surface area contributed by atoms with Crippen LogP contribution < -0.4 is 15.0 Å². The first-order valence-corrected chi connectivity index (χ1v) is 10.4. The van der Waals surface area contributed by atoms with Gasteiger partial charge in [0.25, 0.3) is 5.91 Å². The highest BCUT2D eigenvalue weighted by Gasteiger charge is 2.37. The number of hydrogen-bond acceptors (Lipinski definition) is 5. The van der Waals surface area contributed by atoms with Gasteiger partial charge < -0.3 is 19.7 Å². The van der Waals surface area contributed by atoms with Gasteiger partial charge in [0.2, 0.25) is 5.91 Å². The van der Waals surface area contributed by atoms with E-state index in [9.17, 15) is 14.4 Å². The standard InChI is InChI=1S/C24H28N2O5/c1-5-30-20-11-9-19(10-12-20)25-23(28)17(4)31-24(29)18-13-22(27)26(14-18)21-8-6-7-15(2)16(21)3/h6-12,17-18H,5,13-14H2,1-4H3,(H,25,28)/t17-,18+/m1/s1. The van der Waals surface area contributed by atoms with Crippen LogP contribution in [-0.4, -0.2) is 37.0 Å². The predicted octanol–water partition coefficient (Wildman–Crippen LogP) is 3.63. The molecule has 0 radical (unpaired) electrons. The third kappa shape index (κ3) is 5.23. The van der Waals surface area contributed by atoms with Crippen LogP contribution in [0.5, 0.6) is 5.75 Å². The molecule has 1 aliphatic rings. The van der Waals surface area contributed by atoms with Gasteiger partial charge in [0.15, 0.2) is 6.10 Å². The molecule has 164 valence electrons. The lowest BCUT2D eigenvalue weighted by molar-refractivity contribution is -0.157. The topological polar surface area (TPSA) is 84.9 Å². The SMILES string of the molecule is CCOc1ccc(NC(=O)[C@@H](C)OC(=O)[C@H]2CC(=O)N(c3cccc(C)c3C)C2)cc1. The average molecular weight is 424 g/mol. The van der Waals surface area contributed by atoms with Crippen molar-refractivity contribution in [3.05, 3.63) is 53.6 Å². The summed E-state index contributed by atoms with van der Waals surface area (Å²) in [7, 11) is 0. The highest BCUT2D eigenvalue weighted by atomic mass is 16.5. The van der Waals surface area contributed by atoms with Gasteiger partial charge in [-0.05, 0) is 69.2 Å². The van der Waals surface area contributed by atoms with E-state index >= 15 is 0 Å². The quantitative estimate of drug-likeness (QED) is 0.686. The number of anilines is 2. The summed E-state index contributed by atoms with van der Waals surface area (Å²) < 4.78 is 10.7. The van der Waals surface area contributed by atoms with E-state index in [2.05, 4.69) is 5.32 Å². The first-order chi connectivity index (χ1) is 14.8. The van der Waals surface area contributed by atoms with Crippen molar-refractivity contribution in [2.75, 3.05) is 23.4 Å². The van der Waals surface area contributed by atoms with Gasteiger partial charge in [0.1, 0.15) is 5.75 Å². The number of amides is 2. The Kier molecular flexibility index (Phi) is 6.95. The molecule has 1 N–H and O–H groups in total. The molecule has 7 nitrogen and oxygen atoms in total. The van der Waals surface area contributed by atoms with Crippen LogP contribution in [-0.2, 0) is 19.1 Å². The molecular weight excluding hydrogens is 396 g/mol. The van der Waals surface area contributed by atoms with E-state index in [-0.39, 0.29) is 18.9 Å². The largest absolute Gasteiger partial charge is 0.494 e. The Hall–Kier alpha value is -3.35. The van der Waals surface area contributed by atoms with Gasteiger partial charge in [-0.15, -0.1) is 0 Å². The summed E-state index contributed by atoms with van der Waals surface area (Å²) in [5.41, 5.74) is 3.47. The van der Waals surface area contributed by atoms with E-state index in [1.165, 1.54) is 6.92 Å². The monoisotopic (exact) mass is 424 g/mol. The number of nitrogens with zero attached hydrogens (tertiary/aromatic N) is 1. The van der Waals surface area contributed by atoms with Gasteiger partial charge >= 0.3 is 5.97 Å². The lowest BCUT2D eigenvalue weighted by Gasteiger charge is -2.20. The van der Waals surface area contributed by atoms with Crippen LogP contribution in [0, 0.1) is 19.8 Å². The molecule has 1 fully saturated rings. The second-order valence-electron chi connectivity index (χ2n) is 7.65. The highest BCUT2D eigenvalue weighted by molar-refractivity contribution is 6.01. The van der Waals surface area contributed by atoms with Crippen molar-refractivity contribution < 1.29 is 23.9 Å². The molecule has 2 atom stereocenters. The van der Waals surface area contributed by atoms with Crippen LogP contribution in [0.1, 0.15) is 31.4 Å². The van der Waals surface area contributed by atoms with Crippen molar-refractivity contribution in [2.24, 2.45) is 5.92 Å². The Labute approximate surface area is 182 Å². The number of ether oxygens (including phenoxy) is 2. The minimum Gasteiger partial charge on any atom is -0.494 e. The van der Waals surface area contributed by atoms with Crippen molar-refractivity contribution in [3.63, 3.8) is 0 Å². The van der Waals surface area contributed by atoms with Crippen LogP contribution in [0.4, 0.5) is 11.4 Å². The Morgan fingerprint density at radius 3 is 2.55 bits per heavy atom. The highest BCUT2D eigenvalue weighted by Crippen LogP contribution is 2.30. The van der Waals surface area contributed by atoms with E-state index in [0.717, 1.165) is 16.8 Å². The fourth-order valence-corrected chi connectivity index (χ4v) is 3.50. The van der Waals surface area contributed by atoms with Crippen molar-refractivity contribution in [3.8, 4) is 5.75 Å². The van der Waals surface area contributed by atoms with Gasteiger partial charge in [-0.3, -0.25) is 14.4 Å². The molecule has 1 heterocycles. The smallest absolute Gasteiger partial charge is 0.312 e. The van der Waals surface area contributed by atoms with Crippen LogP contribution in [0.25, 0.3) is 0 Å². The zero-order valence-electron chi connectivity index (χ0n) is 18.3. The molecule has 0 bridgehead atoms. The zero-order chi connectivity index (χ0) is 22.5. The molecule has 0 aromatic heterocycles. The molecule has 7 heteroatoms. The second-order valence-corrected chi connectivity index (χ2v) is 7.65. The van der Waals surface area contributed by atoms with Gasteiger partial charge in [-0.25, -0.2) is 0 Å². The molecule has 2 aromatic carbocycles. The number of rotatable bonds is 7. The van der Waals surface area contributed by atoms with E-state index in [1.807, 2.05) is 39.0 Å². The van der Waals surface area contributed by atoms with Crippen LogP contribution in [0.15, 0.2) is 42.5 Å². The summed E-state index contributed by atoms with van der Waals surface area (Å²) in [5, 5.41) is 2.71. The molecular formula is C24H28N2O5. The maximum atomic E-state index is 12.6. The summed E-state index contributed by atoms with van der Waals surface area (Å²) in [6, 6.07) is 12.7. The minimum absolute atomic E-state index is 0.0689. The molecule has 0 aliphatic carbocycles. The zero-order valence-corrected chi connectivity index (χ0v) is 18.3. The van der Waals surface area contributed by atoms with Gasteiger partial charge in [-0.2, -0.15) is 0 Å². The first kappa shape index (κ1) is 22.3. The summed E-state index contributed by atoms with van der Waals surface area (Å²) in [6.07, 6.45) is -0.914. The van der Waals surface area contributed by atoms with Crippen LogP contribution >= 0.6 is 0 Å². The average Bonchev–Trinajstić information content (AvgIpc) is 3.13. The first-order valence-electron chi connectivity index (χ1n) is 10.4. The normalized spacial score (nSPS) is 16.7. The Balaban J connectivity index is 1.57. The number of benzene rings is 2. The van der Waals surface area contributed by atoms with E-state index in [4.69, 9.17) is 9.47 Å². The second kappa shape index (κ2) is 9.64. The van der Waals surface area contributed by atoms with E-state index in [1.54, 1.807) is 29.2 Å². The third-order valence-corrected chi connectivity index (χ3v) is 5.42. The van der Waals surface area contributed by atoms with E-state index in [0.29, 0.717) is 18.0 Å². The van der Waals surface area contributed by atoms with E-state index < -0.39 is 23.9 Å². The lowest BCUT2D eigenvalue weighted by atomic mass is 10.1. The molecule has 2 aromatic rings. The number of hydrogen-bond donors (Lipinski definition) is 1. The molecule has 1 saturated heterocycles. The summed E-state index contributed by atoms with van der Waals surface area (Å²) in [4.78, 5) is 39.2.